The molecule has 0 spiro atoms. The molecular formula is C21H19FN2O3S. The number of furan rings is 1. The van der Waals surface area contributed by atoms with Crippen molar-refractivity contribution in [1.29, 1.82) is 0 Å². The number of fused-ring (bicyclic) bond motifs is 1. The highest BCUT2D eigenvalue weighted by Crippen LogP contribution is 2.29. The highest BCUT2D eigenvalue weighted by atomic mass is 32.1. The molecule has 5 nitrogen and oxygen atoms in total. The van der Waals surface area contributed by atoms with E-state index < -0.39 is 0 Å². The number of hydrogen-bond donors (Lipinski definition) is 1. The second kappa shape index (κ2) is 7.59. The second-order valence-electron chi connectivity index (χ2n) is 6.74. The van der Waals surface area contributed by atoms with Gasteiger partial charge >= 0.3 is 0 Å². The van der Waals surface area contributed by atoms with Gasteiger partial charge in [-0.15, -0.1) is 11.3 Å². The maximum absolute atomic E-state index is 13.1. The van der Waals surface area contributed by atoms with Gasteiger partial charge in [0.2, 0.25) is 0 Å². The number of aryl methyl sites for hydroxylation is 1. The smallest absolute Gasteiger partial charge is 0.261 e. The van der Waals surface area contributed by atoms with Gasteiger partial charge in [0.25, 0.3) is 11.8 Å². The molecule has 1 aromatic carbocycles. The zero-order valence-corrected chi connectivity index (χ0v) is 16.1. The van der Waals surface area contributed by atoms with Crippen molar-refractivity contribution in [3.8, 4) is 0 Å². The first kappa shape index (κ1) is 18.4. The number of nitrogens with one attached hydrogen (secondary N) is 1. The molecule has 1 aliphatic heterocycles. The van der Waals surface area contributed by atoms with Crippen molar-refractivity contribution < 1.29 is 18.4 Å². The molecule has 28 heavy (non-hydrogen) atoms. The van der Waals surface area contributed by atoms with Gasteiger partial charge in [0, 0.05) is 23.5 Å². The molecule has 0 fully saturated rings. The van der Waals surface area contributed by atoms with Gasteiger partial charge in [-0.05, 0) is 61.4 Å². The first-order chi connectivity index (χ1) is 13.5. The number of benzene rings is 1. The Hall–Kier alpha value is -2.93. The summed E-state index contributed by atoms with van der Waals surface area (Å²) in [5.41, 5.74) is 1.46. The number of nitrogens with zero attached hydrogens (tertiary/aromatic N) is 1. The summed E-state index contributed by atoms with van der Waals surface area (Å²) < 4.78 is 18.5. The SMILES string of the molecule is Cc1ccc(CNC(=O)c2cc3c(s2)CCN(C(=O)c2ccc(F)cc2)C3)o1. The van der Waals surface area contributed by atoms with Crippen molar-refractivity contribution >= 4 is 23.2 Å². The monoisotopic (exact) mass is 398 g/mol. The molecule has 2 amide bonds. The van der Waals surface area contributed by atoms with E-state index in [2.05, 4.69) is 5.32 Å². The van der Waals surface area contributed by atoms with Crippen molar-refractivity contribution in [2.24, 2.45) is 0 Å². The van der Waals surface area contributed by atoms with Gasteiger partial charge in [0.15, 0.2) is 0 Å². The number of thiophene rings is 1. The highest BCUT2D eigenvalue weighted by molar-refractivity contribution is 7.14. The third-order valence-electron chi connectivity index (χ3n) is 4.69. The first-order valence-electron chi connectivity index (χ1n) is 8.99. The molecule has 3 heterocycles. The number of carbonyl (C=O) groups is 2. The lowest BCUT2D eigenvalue weighted by Gasteiger charge is -2.27. The molecule has 0 saturated carbocycles. The van der Waals surface area contributed by atoms with Crippen LogP contribution in [-0.4, -0.2) is 23.3 Å². The van der Waals surface area contributed by atoms with Crippen molar-refractivity contribution in [1.82, 2.24) is 10.2 Å². The van der Waals surface area contributed by atoms with E-state index in [1.54, 1.807) is 4.90 Å². The quantitative estimate of drug-likeness (QED) is 0.725. The van der Waals surface area contributed by atoms with E-state index in [1.807, 2.05) is 25.1 Å². The molecule has 7 heteroatoms. The van der Waals surface area contributed by atoms with Crippen LogP contribution < -0.4 is 5.32 Å². The van der Waals surface area contributed by atoms with Gasteiger partial charge in [0.05, 0.1) is 11.4 Å². The average molecular weight is 398 g/mol. The molecule has 4 rings (SSSR count). The first-order valence-corrected chi connectivity index (χ1v) is 9.81. The van der Waals surface area contributed by atoms with Gasteiger partial charge in [-0.25, -0.2) is 4.39 Å². The predicted octanol–water partition coefficient (Wildman–Crippen LogP) is 3.92. The van der Waals surface area contributed by atoms with Crippen LogP contribution in [-0.2, 0) is 19.5 Å². The Morgan fingerprint density at radius 2 is 2.00 bits per heavy atom. The minimum Gasteiger partial charge on any atom is -0.465 e. The number of hydrogen-bond acceptors (Lipinski definition) is 4. The van der Waals surface area contributed by atoms with Crippen LogP contribution in [0.2, 0.25) is 0 Å². The highest BCUT2D eigenvalue weighted by Gasteiger charge is 2.25. The summed E-state index contributed by atoms with van der Waals surface area (Å²) >= 11 is 1.47. The van der Waals surface area contributed by atoms with Crippen LogP contribution in [0.1, 0.15) is 42.0 Å². The van der Waals surface area contributed by atoms with Crippen LogP contribution in [0.25, 0.3) is 0 Å². The minimum atomic E-state index is -0.365. The summed E-state index contributed by atoms with van der Waals surface area (Å²) in [5.74, 6) is 0.876. The Kier molecular flexibility index (Phi) is 5.00. The third kappa shape index (κ3) is 3.84. The molecule has 1 aliphatic rings. The van der Waals surface area contributed by atoms with Gasteiger partial charge in [-0.1, -0.05) is 0 Å². The van der Waals surface area contributed by atoms with Gasteiger partial charge in [-0.2, -0.15) is 0 Å². The lowest BCUT2D eigenvalue weighted by Crippen LogP contribution is -2.35. The number of amides is 2. The number of halogens is 1. The van der Waals surface area contributed by atoms with Gasteiger partial charge in [-0.3, -0.25) is 9.59 Å². The van der Waals surface area contributed by atoms with E-state index in [1.165, 1.54) is 35.6 Å². The Morgan fingerprint density at radius 3 is 2.71 bits per heavy atom. The lowest BCUT2D eigenvalue weighted by atomic mass is 10.1. The third-order valence-corrected chi connectivity index (χ3v) is 5.92. The van der Waals surface area contributed by atoms with Gasteiger partial charge in [0.1, 0.15) is 17.3 Å². The van der Waals surface area contributed by atoms with Crippen molar-refractivity contribution in [2.45, 2.75) is 26.4 Å². The summed E-state index contributed by atoms with van der Waals surface area (Å²) in [6.45, 7) is 3.23. The normalized spacial score (nSPS) is 13.3. The molecule has 144 valence electrons. The predicted molar refractivity (Wildman–Crippen MR) is 104 cm³/mol. The Balaban J connectivity index is 1.42. The fourth-order valence-corrected chi connectivity index (χ4v) is 4.31. The summed E-state index contributed by atoms with van der Waals surface area (Å²) in [7, 11) is 0. The molecule has 0 saturated heterocycles. The molecule has 0 unspecified atom stereocenters. The standard InChI is InChI=1S/C21H19FN2O3S/c1-13-2-7-17(27-13)11-23-20(25)19-10-15-12-24(9-8-18(15)28-19)21(26)14-3-5-16(22)6-4-14/h2-7,10H,8-9,11-12H2,1H3,(H,23,25). The Labute approximate surface area is 165 Å². The van der Waals surface area contributed by atoms with Crippen molar-refractivity contribution in [3.63, 3.8) is 0 Å². The molecule has 1 N–H and O–H groups in total. The fraction of sp³-hybridized carbons (Fsp3) is 0.238. The maximum Gasteiger partial charge on any atom is 0.261 e. The molecule has 0 bridgehead atoms. The largest absolute Gasteiger partial charge is 0.465 e. The lowest BCUT2D eigenvalue weighted by molar-refractivity contribution is 0.0735. The minimum absolute atomic E-state index is 0.129. The average Bonchev–Trinajstić information content (AvgIpc) is 3.31. The topological polar surface area (TPSA) is 62.6 Å². The molecular weight excluding hydrogens is 379 g/mol. The molecule has 2 aromatic heterocycles. The molecule has 0 aliphatic carbocycles. The van der Waals surface area contributed by atoms with Crippen molar-refractivity contribution in [3.05, 3.63) is 80.7 Å². The van der Waals surface area contributed by atoms with Crippen LogP contribution in [0.5, 0.6) is 0 Å². The van der Waals surface area contributed by atoms with Crippen LogP contribution in [0, 0.1) is 12.7 Å². The zero-order chi connectivity index (χ0) is 19.7. The summed E-state index contributed by atoms with van der Waals surface area (Å²) in [6, 6.07) is 11.1. The second-order valence-corrected chi connectivity index (χ2v) is 7.87. The maximum atomic E-state index is 13.1. The number of rotatable bonds is 4. The fourth-order valence-electron chi connectivity index (χ4n) is 3.23. The van der Waals surface area contributed by atoms with Crippen LogP contribution in [0.15, 0.2) is 46.9 Å². The van der Waals surface area contributed by atoms with Gasteiger partial charge < -0.3 is 14.6 Å². The van der Waals surface area contributed by atoms with Crippen LogP contribution in [0.3, 0.4) is 0 Å². The Bertz CT molecular complexity index is 1020. The van der Waals surface area contributed by atoms with E-state index >= 15 is 0 Å². The van der Waals surface area contributed by atoms with E-state index in [-0.39, 0.29) is 17.6 Å². The van der Waals surface area contributed by atoms with E-state index in [4.69, 9.17) is 4.42 Å². The van der Waals surface area contributed by atoms with E-state index in [0.717, 1.165) is 16.2 Å². The van der Waals surface area contributed by atoms with E-state index in [0.29, 0.717) is 42.3 Å². The molecule has 0 radical (unpaired) electrons. The summed E-state index contributed by atoms with van der Waals surface area (Å²) in [5, 5.41) is 2.86. The molecule has 3 aromatic rings. The zero-order valence-electron chi connectivity index (χ0n) is 15.3. The number of carbonyl (C=O) groups excluding carboxylic acids is 2. The van der Waals surface area contributed by atoms with Crippen LogP contribution in [0.4, 0.5) is 4.39 Å². The molecule has 0 atom stereocenters. The summed E-state index contributed by atoms with van der Waals surface area (Å²) in [6.07, 6.45) is 0.706. The Morgan fingerprint density at radius 1 is 1.21 bits per heavy atom. The van der Waals surface area contributed by atoms with Crippen molar-refractivity contribution in [2.75, 3.05) is 6.54 Å². The summed E-state index contributed by atoms with van der Waals surface area (Å²) in [4.78, 5) is 28.6. The van der Waals surface area contributed by atoms with Crippen LogP contribution >= 0.6 is 11.3 Å². The van der Waals surface area contributed by atoms with E-state index in [9.17, 15) is 14.0 Å².